The van der Waals surface area contributed by atoms with Crippen LogP contribution < -0.4 is 5.73 Å². The van der Waals surface area contributed by atoms with Crippen molar-refractivity contribution in [2.75, 3.05) is 13.2 Å². The monoisotopic (exact) mass is 252 g/mol. The fourth-order valence-electron chi connectivity index (χ4n) is 2.31. The lowest BCUT2D eigenvalue weighted by molar-refractivity contribution is -0.759. The summed E-state index contributed by atoms with van der Waals surface area (Å²) >= 11 is 0. The van der Waals surface area contributed by atoms with Crippen molar-refractivity contribution in [3.63, 3.8) is 0 Å². The van der Waals surface area contributed by atoms with Gasteiger partial charge in [0.2, 0.25) is 0 Å². The molecule has 1 unspecified atom stereocenters. The first-order valence-electron chi connectivity index (χ1n) is 5.60. The van der Waals surface area contributed by atoms with Crippen molar-refractivity contribution in [3.8, 4) is 0 Å². The maximum atomic E-state index is 10.1. The molecule has 0 aromatic heterocycles. The zero-order valence-electron chi connectivity index (χ0n) is 9.63. The van der Waals surface area contributed by atoms with Crippen molar-refractivity contribution >= 4 is 12.4 Å². The number of hydrogen-bond acceptors (Lipinski definition) is 4. The van der Waals surface area contributed by atoms with Gasteiger partial charge >= 0.3 is 0 Å². The Labute approximate surface area is 102 Å². The molecule has 5 nitrogen and oxygen atoms in total. The number of rotatable bonds is 5. The summed E-state index contributed by atoms with van der Waals surface area (Å²) in [7, 11) is 0. The fourth-order valence-corrected chi connectivity index (χ4v) is 2.31. The van der Waals surface area contributed by atoms with Crippen LogP contribution >= 0.6 is 12.4 Å². The van der Waals surface area contributed by atoms with Crippen LogP contribution in [-0.2, 0) is 4.84 Å². The van der Waals surface area contributed by atoms with Gasteiger partial charge in [0.15, 0.2) is 0 Å². The topological polar surface area (TPSA) is 78.4 Å². The van der Waals surface area contributed by atoms with Gasteiger partial charge in [-0.2, -0.15) is 0 Å². The number of halogens is 1. The van der Waals surface area contributed by atoms with E-state index in [4.69, 9.17) is 5.73 Å². The van der Waals surface area contributed by atoms with E-state index in [1.54, 1.807) is 0 Å². The zero-order valence-corrected chi connectivity index (χ0v) is 10.4. The van der Waals surface area contributed by atoms with Crippen molar-refractivity contribution in [1.82, 2.24) is 0 Å². The molecule has 1 atom stereocenters. The first-order valence-corrected chi connectivity index (χ1v) is 5.60. The summed E-state index contributed by atoms with van der Waals surface area (Å²) in [5, 5.41) is 9.35. The van der Waals surface area contributed by atoms with Crippen LogP contribution in [0.4, 0.5) is 0 Å². The summed E-state index contributed by atoms with van der Waals surface area (Å²) in [6, 6.07) is 0. The molecule has 1 aliphatic rings. The molecule has 1 fully saturated rings. The van der Waals surface area contributed by atoms with E-state index in [1.165, 1.54) is 0 Å². The molecular formula is C10H21ClN2O3. The van der Waals surface area contributed by atoms with Crippen LogP contribution in [0.1, 0.15) is 32.6 Å². The van der Waals surface area contributed by atoms with E-state index in [2.05, 4.69) is 4.84 Å². The van der Waals surface area contributed by atoms with Crippen LogP contribution in [0, 0.1) is 27.9 Å². The molecule has 0 saturated heterocycles. The molecular weight excluding hydrogens is 232 g/mol. The highest BCUT2D eigenvalue weighted by Crippen LogP contribution is 2.32. The fraction of sp³-hybridized carbons (Fsp3) is 1.00. The van der Waals surface area contributed by atoms with Gasteiger partial charge in [-0.05, 0) is 50.0 Å². The molecule has 0 spiro atoms. The van der Waals surface area contributed by atoms with Gasteiger partial charge < -0.3 is 10.6 Å². The maximum Gasteiger partial charge on any atom is 0.294 e. The van der Waals surface area contributed by atoms with Crippen LogP contribution in [-0.4, -0.2) is 18.2 Å². The van der Waals surface area contributed by atoms with E-state index in [0.29, 0.717) is 11.8 Å². The lowest BCUT2D eigenvalue weighted by Gasteiger charge is -2.31. The summed E-state index contributed by atoms with van der Waals surface area (Å²) < 4.78 is 0. The van der Waals surface area contributed by atoms with Gasteiger partial charge in [0.1, 0.15) is 0 Å². The third kappa shape index (κ3) is 4.99. The quantitative estimate of drug-likeness (QED) is 0.600. The second-order valence-corrected chi connectivity index (χ2v) is 4.51. The lowest BCUT2D eigenvalue weighted by atomic mass is 9.77. The van der Waals surface area contributed by atoms with E-state index in [9.17, 15) is 10.1 Å². The van der Waals surface area contributed by atoms with Crippen LogP contribution in [0.2, 0.25) is 0 Å². The van der Waals surface area contributed by atoms with Crippen LogP contribution in [0.5, 0.6) is 0 Å². The van der Waals surface area contributed by atoms with E-state index in [-0.39, 0.29) is 24.9 Å². The molecule has 16 heavy (non-hydrogen) atoms. The molecule has 0 heterocycles. The number of hydrogen-bond donors (Lipinski definition) is 1. The molecule has 1 saturated carbocycles. The van der Waals surface area contributed by atoms with E-state index < -0.39 is 5.09 Å². The van der Waals surface area contributed by atoms with E-state index in [1.807, 2.05) is 6.92 Å². The zero-order chi connectivity index (χ0) is 11.3. The predicted octanol–water partition coefficient (Wildman–Crippen LogP) is 2.02. The lowest BCUT2D eigenvalue weighted by Crippen LogP contribution is -2.27. The molecule has 1 rings (SSSR count). The largest absolute Gasteiger partial charge is 0.330 e. The van der Waals surface area contributed by atoms with Gasteiger partial charge in [-0.25, -0.2) is 0 Å². The summed E-state index contributed by atoms with van der Waals surface area (Å²) in [5.41, 5.74) is 5.61. The van der Waals surface area contributed by atoms with Crippen molar-refractivity contribution in [1.29, 1.82) is 0 Å². The Morgan fingerprint density at radius 2 is 2.00 bits per heavy atom. The molecule has 0 bridgehead atoms. The second-order valence-electron chi connectivity index (χ2n) is 4.51. The smallest absolute Gasteiger partial charge is 0.294 e. The Morgan fingerprint density at radius 3 is 2.44 bits per heavy atom. The standard InChI is InChI=1S/C10H20N2O3.ClH/c1-8(7-15-12(13)14)10-4-2-9(6-11)3-5-10;/h8-10H,2-7,11H2,1H3;1H. The molecule has 0 aromatic rings. The first-order chi connectivity index (χ1) is 7.13. The van der Waals surface area contributed by atoms with Gasteiger partial charge in [-0.15, -0.1) is 22.5 Å². The predicted molar refractivity (Wildman–Crippen MR) is 63.9 cm³/mol. The Bertz CT molecular complexity index is 208. The van der Waals surface area contributed by atoms with Gasteiger partial charge in [-0.1, -0.05) is 6.92 Å². The van der Waals surface area contributed by atoms with Gasteiger partial charge in [0.25, 0.3) is 5.09 Å². The Morgan fingerprint density at radius 1 is 1.44 bits per heavy atom. The average Bonchev–Trinajstić information content (AvgIpc) is 2.26. The highest BCUT2D eigenvalue weighted by Gasteiger charge is 2.24. The van der Waals surface area contributed by atoms with Crippen LogP contribution in [0.15, 0.2) is 0 Å². The number of nitrogens with two attached hydrogens (primary N) is 1. The normalized spacial score (nSPS) is 26.6. The maximum absolute atomic E-state index is 10.1. The second kappa shape index (κ2) is 7.68. The van der Waals surface area contributed by atoms with Crippen molar-refractivity contribution in [3.05, 3.63) is 10.1 Å². The van der Waals surface area contributed by atoms with E-state index >= 15 is 0 Å². The highest BCUT2D eigenvalue weighted by molar-refractivity contribution is 5.85. The molecule has 0 aliphatic heterocycles. The Kier molecular flexibility index (Phi) is 7.42. The van der Waals surface area contributed by atoms with E-state index in [0.717, 1.165) is 32.2 Å². The minimum atomic E-state index is -0.706. The third-order valence-corrected chi connectivity index (χ3v) is 3.47. The SMILES string of the molecule is CC(CO[N+](=O)[O-])C1CCC(CN)CC1.Cl. The number of nitrogens with zero attached hydrogens (tertiary/aromatic N) is 1. The molecule has 0 amide bonds. The molecule has 2 N–H and O–H groups in total. The first kappa shape index (κ1) is 15.4. The minimum absolute atomic E-state index is 0. The van der Waals surface area contributed by atoms with Crippen LogP contribution in [0.3, 0.4) is 0 Å². The average molecular weight is 253 g/mol. The summed E-state index contributed by atoms with van der Waals surface area (Å²) in [5.74, 6) is 1.49. The molecule has 96 valence electrons. The Hall–Kier alpha value is -0.550. The van der Waals surface area contributed by atoms with Crippen molar-refractivity contribution in [2.24, 2.45) is 23.5 Å². The van der Waals surface area contributed by atoms with Gasteiger partial charge in [0.05, 0.1) is 6.61 Å². The highest BCUT2D eigenvalue weighted by atomic mass is 35.5. The summed E-state index contributed by atoms with van der Waals surface area (Å²) in [4.78, 5) is 14.5. The Balaban J connectivity index is 0.00000225. The van der Waals surface area contributed by atoms with Crippen molar-refractivity contribution in [2.45, 2.75) is 32.6 Å². The third-order valence-electron chi connectivity index (χ3n) is 3.47. The van der Waals surface area contributed by atoms with Crippen molar-refractivity contribution < 1.29 is 9.92 Å². The molecule has 0 aromatic carbocycles. The minimum Gasteiger partial charge on any atom is -0.330 e. The van der Waals surface area contributed by atoms with Gasteiger partial charge in [-0.3, -0.25) is 0 Å². The summed E-state index contributed by atoms with van der Waals surface area (Å²) in [6.07, 6.45) is 4.57. The molecule has 0 radical (unpaired) electrons. The molecule has 1 aliphatic carbocycles. The van der Waals surface area contributed by atoms with Crippen LogP contribution in [0.25, 0.3) is 0 Å². The molecule has 6 heteroatoms. The summed E-state index contributed by atoms with van der Waals surface area (Å²) in [6.45, 7) is 3.02. The van der Waals surface area contributed by atoms with Gasteiger partial charge in [0, 0.05) is 0 Å².